The second kappa shape index (κ2) is 11.1. The summed E-state index contributed by atoms with van der Waals surface area (Å²) in [6, 6.07) is 14.4. The average Bonchev–Trinajstić information content (AvgIpc) is 2.97. The van der Waals surface area contributed by atoms with E-state index in [2.05, 4.69) is 0 Å². The Labute approximate surface area is 216 Å². The summed E-state index contributed by atoms with van der Waals surface area (Å²) in [6.45, 7) is -0.744. The Morgan fingerprint density at radius 1 is 1.05 bits per heavy atom. The van der Waals surface area contributed by atoms with E-state index in [4.69, 9.17) is 21.0 Å². The number of nitrogens with two attached hydrogens (primary N) is 1. The van der Waals surface area contributed by atoms with Gasteiger partial charge in [-0.15, -0.1) is 0 Å². The molecule has 2 amide bonds. The summed E-state index contributed by atoms with van der Waals surface area (Å²) in [5.41, 5.74) is 7.13. The summed E-state index contributed by atoms with van der Waals surface area (Å²) in [4.78, 5) is 40.0. The Morgan fingerprint density at radius 3 is 2.45 bits per heavy atom. The first-order chi connectivity index (χ1) is 18.1. The molecule has 3 aromatic carbocycles. The molecule has 9 nitrogen and oxygen atoms in total. The molecule has 0 saturated carbocycles. The maximum Gasteiger partial charge on any atom is 0.305 e. The van der Waals surface area contributed by atoms with E-state index in [1.807, 2.05) is 0 Å². The van der Waals surface area contributed by atoms with E-state index >= 15 is 0 Å². The van der Waals surface area contributed by atoms with Crippen molar-refractivity contribution in [1.29, 1.82) is 5.41 Å². The van der Waals surface area contributed by atoms with Crippen molar-refractivity contribution < 1.29 is 33.0 Å². The van der Waals surface area contributed by atoms with E-state index in [-0.39, 0.29) is 48.8 Å². The number of hydrogen-bond acceptors (Lipinski definition) is 5. The van der Waals surface area contributed by atoms with Crippen molar-refractivity contribution in [3.8, 4) is 5.75 Å². The number of carbonyl (C=O) groups is 3. The van der Waals surface area contributed by atoms with E-state index < -0.39 is 36.0 Å². The summed E-state index contributed by atoms with van der Waals surface area (Å²) >= 11 is 0. The van der Waals surface area contributed by atoms with Gasteiger partial charge in [-0.2, -0.15) is 0 Å². The number of nitrogens with zero attached hydrogens (tertiary/aromatic N) is 2. The second-order valence-corrected chi connectivity index (χ2v) is 8.66. The van der Waals surface area contributed by atoms with Gasteiger partial charge in [0.2, 0.25) is 5.91 Å². The Bertz CT molecular complexity index is 1410. The van der Waals surface area contributed by atoms with Gasteiger partial charge >= 0.3 is 5.97 Å². The number of nitrogen functional groups attached to an aromatic ring is 1. The monoisotopic (exact) mass is 522 g/mol. The fraction of sp³-hybridized carbons (Fsp3) is 0.185. The van der Waals surface area contributed by atoms with Crippen LogP contribution in [-0.4, -0.2) is 46.7 Å². The molecule has 4 N–H and O–H groups in total. The van der Waals surface area contributed by atoms with Crippen LogP contribution in [0.15, 0.2) is 60.7 Å². The molecule has 1 aliphatic heterocycles. The first kappa shape index (κ1) is 26.3. The van der Waals surface area contributed by atoms with E-state index in [9.17, 15) is 23.2 Å². The minimum atomic E-state index is -1.13. The van der Waals surface area contributed by atoms with Gasteiger partial charge in [-0.25, -0.2) is 8.78 Å². The largest absolute Gasteiger partial charge is 0.489 e. The third kappa shape index (κ3) is 5.94. The summed E-state index contributed by atoms with van der Waals surface area (Å²) < 4.78 is 33.7. The highest BCUT2D eigenvalue weighted by molar-refractivity contribution is 6.10. The van der Waals surface area contributed by atoms with Crippen molar-refractivity contribution in [2.24, 2.45) is 5.73 Å². The molecular weight excluding hydrogens is 498 g/mol. The number of rotatable bonds is 9. The lowest BCUT2D eigenvalue weighted by Crippen LogP contribution is -2.40. The van der Waals surface area contributed by atoms with Crippen LogP contribution in [0.25, 0.3) is 0 Å². The molecule has 0 spiro atoms. The van der Waals surface area contributed by atoms with Gasteiger partial charge in [0.05, 0.1) is 24.2 Å². The van der Waals surface area contributed by atoms with Gasteiger partial charge in [0.25, 0.3) is 5.91 Å². The zero-order chi connectivity index (χ0) is 27.4. The highest BCUT2D eigenvalue weighted by Gasteiger charge is 2.32. The molecule has 4 rings (SSSR count). The molecule has 0 radical (unpaired) electrons. The molecule has 3 aromatic rings. The second-order valence-electron chi connectivity index (χ2n) is 8.66. The van der Waals surface area contributed by atoms with Crippen LogP contribution in [0.3, 0.4) is 0 Å². The molecule has 0 atom stereocenters. The standard InChI is InChI=1S/C27H24F2N4O5/c28-19-6-5-18(22(29)11-19)13-33-23-8-7-20(38-15-16-1-3-17(4-2-16)26(30)31)12-21(23)27(37)32(14-24(33)34)10-9-25(35)36/h1-8,11-12H,9-10,13-15H2,(H3,30,31)(H,35,36). The van der Waals surface area contributed by atoms with E-state index in [0.29, 0.717) is 17.4 Å². The normalized spacial score (nSPS) is 13.2. The maximum absolute atomic E-state index is 14.4. The molecule has 1 heterocycles. The lowest BCUT2D eigenvalue weighted by molar-refractivity contribution is -0.137. The summed E-state index contributed by atoms with van der Waals surface area (Å²) in [5.74, 6) is -3.61. The Hall–Kier alpha value is -4.80. The molecular formula is C27H24F2N4O5. The number of aliphatic carboxylic acids is 1. The Balaban J connectivity index is 1.65. The first-order valence-electron chi connectivity index (χ1n) is 11.6. The summed E-state index contributed by atoms with van der Waals surface area (Å²) in [5, 5.41) is 16.6. The molecule has 38 heavy (non-hydrogen) atoms. The van der Waals surface area contributed by atoms with Gasteiger partial charge < -0.3 is 25.4 Å². The first-order valence-corrected chi connectivity index (χ1v) is 11.6. The van der Waals surface area contributed by atoms with Crippen LogP contribution in [0.2, 0.25) is 0 Å². The maximum atomic E-state index is 14.4. The van der Waals surface area contributed by atoms with Gasteiger partial charge in [0.1, 0.15) is 36.4 Å². The highest BCUT2D eigenvalue weighted by atomic mass is 19.1. The fourth-order valence-corrected chi connectivity index (χ4v) is 3.99. The minimum Gasteiger partial charge on any atom is -0.489 e. The number of carboxylic acids is 1. The molecule has 0 fully saturated rings. The molecule has 0 bridgehead atoms. The van der Waals surface area contributed by atoms with Gasteiger partial charge in [0, 0.05) is 23.7 Å². The molecule has 196 valence electrons. The van der Waals surface area contributed by atoms with Crippen LogP contribution in [-0.2, 0) is 22.7 Å². The zero-order valence-electron chi connectivity index (χ0n) is 20.1. The van der Waals surface area contributed by atoms with Crippen molar-refractivity contribution in [3.63, 3.8) is 0 Å². The lowest BCUT2D eigenvalue weighted by atomic mass is 10.1. The number of carboxylic acid groups (broad SMARTS) is 1. The van der Waals surface area contributed by atoms with Gasteiger partial charge in [-0.3, -0.25) is 19.8 Å². The number of anilines is 1. The predicted octanol–water partition coefficient (Wildman–Crippen LogP) is 3.29. The van der Waals surface area contributed by atoms with Crippen LogP contribution in [0.5, 0.6) is 5.75 Å². The SMILES string of the molecule is N=C(N)c1ccc(COc2ccc3c(c2)C(=O)N(CCC(=O)O)CC(=O)N3Cc2ccc(F)cc2F)cc1. The Morgan fingerprint density at radius 2 is 1.79 bits per heavy atom. The van der Waals surface area contributed by atoms with Gasteiger partial charge in [0.15, 0.2) is 0 Å². The van der Waals surface area contributed by atoms with E-state index in [0.717, 1.165) is 16.5 Å². The molecule has 11 heteroatoms. The van der Waals surface area contributed by atoms with Crippen LogP contribution in [0.4, 0.5) is 14.5 Å². The molecule has 0 unspecified atom stereocenters. The molecule has 0 saturated heterocycles. The number of amidine groups is 1. The third-order valence-electron chi connectivity index (χ3n) is 6.01. The number of carbonyl (C=O) groups excluding carboxylic acids is 2. The Kier molecular flexibility index (Phi) is 7.66. The smallest absolute Gasteiger partial charge is 0.305 e. The molecule has 0 aromatic heterocycles. The van der Waals surface area contributed by atoms with Crippen molar-refractivity contribution in [2.45, 2.75) is 19.6 Å². The van der Waals surface area contributed by atoms with Crippen molar-refractivity contribution in [1.82, 2.24) is 4.90 Å². The number of halogens is 2. The van der Waals surface area contributed by atoms with Crippen LogP contribution >= 0.6 is 0 Å². The number of hydrogen-bond donors (Lipinski definition) is 3. The number of ether oxygens (including phenoxy) is 1. The number of benzene rings is 3. The minimum absolute atomic E-state index is 0.0477. The van der Waals surface area contributed by atoms with Crippen molar-refractivity contribution >= 4 is 29.3 Å². The third-order valence-corrected chi connectivity index (χ3v) is 6.01. The van der Waals surface area contributed by atoms with Gasteiger partial charge in [-0.1, -0.05) is 30.3 Å². The van der Waals surface area contributed by atoms with E-state index in [1.165, 1.54) is 23.1 Å². The van der Waals surface area contributed by atoms with Gasteiger partial charge in [-0.05, 0) is 29.8 Å². The van der Waals surface area contributed by atoms with Crippen LogP contribution < -0.4 is 15.4 Å². The predicted molar refractivity (Wildman–Crippen MR) is 134 cm³/mol. The molecule has 0 aliphatic carbocycles. The summed E-state index contributed by atoms with van der Waals surface area (Å²) in [6.07, 6.45) is -0.368. The summed E-state index contributed by atoms with van der Waals surface area (Å²) in [7, 11) is 0. The quantitative estimate of drug-likeness (QED) is 0.291. The van der Waals surface area contributed by atoms with Crippen molar-refractivity contribution in [3.05, 3.63) is 94.6 Å². The zero-order valence-corrected chi connectivity index (χ0v) is 20.1. The fourth-order valence-electron chi connectivity index (χ4n) is 3.99. The van der Waals surface area contributed by atoms with Crippen LogP contribution in [0.1, 0.15) is 33.5 Å². The molecule has 1 aliphatic rings. The van der Waals surface area contributed by atoms with Crippen LogP contribution in [0, 0.1) is 17.0 Å². The van der Waals surface area contributed by atoms with Crippen molar-refractivity contribution in [2.75, 3.05) is 18.0 Å². The lowest BCUT2D eigenvalue weighted by Gasteiger charge is -2.23. The highest BCUT2D eigenvalue weighted by Crippen LogP contribution is 2.31. The number of fused-ring (bicyclic) bond motifs is 1. The van der Waals surface area contributed by atoms with E-state index in [1.54, 1.807) is 30.3 Å². The number of nitrogens with one attached hydrogen (secondary N) is 1. The number of amides is 2. The average molecular weight is 523 g/mol. The topological polar surface area (TPSA) is 137 Å².